The highest BCUT2D eigenvalue weighted by Crippen LogP contribution is 2.24. The standard InChI is InChI=1S/C20H27N/c1-3-5-8-17-11-13-18(14-12-17)20-10-7-6-9-19(20)16-21-15-4-2/h6-7,9-14,21H,3-5,8,15-16H2,1-2H3. The molecule has 2 aromatic carbocycles. The van der Waals surface area contributed by atoms with Gasteiger partial charge in [-0.05, 0) is 48.1 Å². The predicted molar refractivity (Wildman–Crippen MR) is 92.5 cm³/mol. The van der Waals surface area contributed by atoms with Crippen LogP contribution in [0.1, 0.15) is 44.2 Å². The van der Waals surface area contributed by atoms with Gasteiger partial charge >= 0.3 is 0 Å². The summed E-state index contributed by atoms with van der Waals surface area (Å²) in [4.78, 5) is 0. The maximum Gasteiger partial charge on any atom is 0.0211 e. The van der Waals surface area contributed by atoms with Gasteiger partial charge in [0.25, 0.3) is 0 Å². The topological polar surface area (TPSA) is 12.0 Å². The Bertz CT molecular complexity index is 528. The van der Waals surface area contributed by atoms with E-state index in [2.05, 4.69) is 67.7 Å². The molecule has 0 aromatic heterocycles. The summed E-state index contributed by atoms with van der Waals surface area (Å²) in [6, 6.07) is 17.8. The predicted octanol–water partition coefficient (Wildman–Crippen LogP) is 5.20. The van der Waals surface area contributed by atoms with Gasteiger partial charge in [-0.1, -0.05) is 68.8 Å². The van der Waals surface area contributed by atoms with Gasteiger partial charge in [-0.3, -0.25) is 0 Å². The highest BCUT2D eigenvalue weighted by Gasteiger charge is 2.04. The van der Waals surface area contributed by atoms with Crippen LogP contribution in [0.15, 0.2) is 48.5 Å². The second-order valence-electron chi connectivity index (χ2n) is 5.63. The molecule has 1 N–H and O–H groups in total. The highest BCUT2D eigenvalue weighted by atomic mass is 14.8. The Labute approximate surface area is 129 Å². The summed E-state index contributed by atoms with van der Waals surface area (Å²) in [7, 11) is 0. The summed E-state index contributed by atoms with van der Waals surface area (Å²) in [5.74, 6) is 0. The fourth-order valence-electron chi connectivity index (χ4n) is 2.59. The molecule has 0 aliphatic heterocycles. The Hall–Kier alpha value is -1.60. The second-order valence-corrected chi connectivity index (χ2v) is 5.63. The van der Waals surface area contributed by atoms with Gasteiger partial charge < -0.3 is 5.32 Å². The van der Waals surface area contributed by atoms with Gasteiger partial charge in [-0.25, -0.2) is 0 Å². The minimum Gasteiger partial charge on any atom is -0.313 e. The second kappa shape index (κ2) is 8.63. The first-order valence-corrected chi connectivity index (χ1v) is 8.23. The van der Waals surface area contributed by atoms with E-state index in [-0.39, 0.29) is 0 Å². The van der Waals surface area contributed by atoms with Crippen LogP contribution in [0.4, 0.5) is 0 Å². The third-order valence-electron chi connectivity index (χ3n) is 3.84. The average molecular weight is 281 g/mol. The maximum absolute atomic E-state index is 3.50. The van der Waals surface area contributed by atoms with E-state index < -0.39 is 0 Å². The number of hydrogen-bond acceptors (Lipinski definition) is 1. The highest BCUT2D eigenvalue weighted by molar-refractivity contribution is 5.67. The average Bonchev–Trinajstić information content (AvgIpc) is 2.54. The van der Waals surface area contributed by atoms with Crippen molar-refractivity contribution in [2.24, 2.45) is 0 Å². The molecule has 21 heavy (non-hydrogen) atoms. The Balaban J connectivity index is 2.13. The number of nitrogens with one attached hydrogen (secondary N) is 1. The third kappa shape index (κ3) is 4.71. The van der Waals surface area contributed by atoms with Gasteiger partial charge in [0, 0.05) is 6.54 Å². The van der Waals surface area contributed by atoms with Crippen molar-refractivity contribution >= 4 is 0 Å². The molecular formula is C20H27N. The summed E-state index contributed by atoms with van der Waals surface area (Å²) in [6.45, 7) is 6.47. The monoisotopic (exact) mass is 281 g/mol. The van der Waals surface area contributed by atoms with Gasteiger partial charge in [-0.2, -0.15) is 0 Å². The molecule has 2 aromatic rings. The zero-order valence-corrected chi connectivity index (χ0v) is 13.4. The molecular weight excluding hydrogens is 254 g/mol. The molecule has 0 aliphatic rings. The van der Waals surface area contributed by atoms with Crippen LogP contribution in [0.5, 0.6) is 0 Å². The van der Waals surface area contributed by atoms with Crippen molar-refractivity contribution in [3.05, 3.63) is 59.7 Å². The van der Waals surface area contributed by atoms with Crippen molar-refractivity contribution in [2.75, 3.05) is 6.54 Å². The van der Waals surface area contributed by atoms with E-state index in [4.69, 9.17) is 0 Å². The largest absolute Gasteiger partial charge is 0.313 e. The Morgan fingerprint density at radius 1 is 0.857 bits per heavy atom. The summed E-state index contributed by atoms with van der Waals surface area (Å²) in [6.07, 6.45) is 4.90. The summed E-state index contributed by atoms with van der Waals surface area (Å²) in [5.41, 5.74) is 5.50. The first kappa shape index (κ1) is 15.8. The van der Waals surface area contributed by atoms with Crippen LogP contribution in [-0.4, -0.2) is 6.54 Å². The molecule has 112 valence electrons. The van der Waals surface area contributed by atoms with Crippen molar-refractivity contribution in [3.8, 4) is 11.1 Å². The Morgan fingerprint density at radius 3 is 2.33 bits per heavy atom. The zero-order valence-electron chi connectivity index (χ0n) is 13.4. The molecule has 1 nitrogen and oxygen atoms in total. The van der Waals surface area contributed by atoms with Crippen molar-refractivity contribution in [1.29, 1.82) is 0 Å². The van der Waals surface area contributed by atoms with Crippen LogP contribution in [0.2, 0.25) is 0 Å². The van der Waals surface area contributed by atoms with E-state index in [1.165, 1.54) is 47.9 Å². The number of aryl methyl sites for hydroxylation is 1. The number of unbranched alkanes of at least 4 members (excludes halogenated alkanes) is 1. The van der Waals surface area contributed by atoms with Gasteiger partial charge in [-0.15, -0.1) is 0 Å². The molecule has 1 heteroatoms. The van der Waals surface area contributed by atoms with Gasteiger partial charge in [0.1, 0.15) is 0 Å². The molecule has 0 aliphatic carbocycles. The molecule has 0 fully saturated rings. The van der Waals surface area contributed by atoms with Crippen LogP contribution in [-0.2, 0) is 13.0 Å². The lowest BCUT2D eigenvalue weighted by molar-refractivity contribution is 0.676. The molecule has 0 radical (unpaired) electrons. The molecule has 0 unspecified atom stereocenters. The minimum atomic E-state index is 0.946. The fraction of sp³-hybridized carbons (Fsp3) is 0.400. The lowest BCUT2D eigenvalue weighted by Gasteiger charge is -2.11. The molecule has 0 saturated heterocycles. The van der Waals surface area contributed by atoms with Crippen molar-refractivity contribution in [2.45, 2.75) is 46.1 Å². The van der Waals surface area contributed by atoms with Crippen LogP contribution in [0.25, 0.3) is 11.1 Å². The van der Waals surface area contributed by atoms with Crippen molar-refractivity contribution in [1.82, 2.24) is 5.32 Å². The van der Waals surface area contributed by atoms with Crippen LogP contribution in [0.3, 0.4) is 0 Å². The molecule has 0 bridgehead atoms. The minimum absolute atomic E-state index is 0.946. The van der Waals surface area contributed by atoms with E-state index in [1.807, 2.05) is 0 Å². The normalized spacial score (nSPS) is 10.8. The summed E-state index contributed by atoms with van der Waals surface area (Å²) < 4.78 is 0. The Kier molecular flexibility index (Phi) is 6.49. The third-order valence-corrected chi connectivity index (χ3v) is 3.84. The van der Waals surface area contributed by atoms with Crippen molar-refractivity contribution < 1.29 is 0 Å². The first-order chi connectivity index (χ1) is 10.3. The van der Waals surface area contributed by atoms with Crippen LogP contribution in [0, 0.1) is 0 Å². The number of rotatable bonds is 8. The van der Waals surface area contributed by atoms with Gasteiger partial charge in [0.2, 0.25) is 0 Å². The number of hydrogen-bond donors (Lipinski definition) is 1. The van der Waals surface area contributed by atoms with Gasteiger partial charge in [0.15, 0.2) is 0 Å². The zero-order chi connectivity index (χ0) is 14.9. The lowest BCUT2D eigenvalue weighted by Crippen LogP contribution is -2.14. The fourth-order valence-corrected chi connectivity index (χ4v) is 2.59. The summed E-state index contributed by atoms with van der Waals surface area (Å²) in [5, 5.41) is 3.50. The van der Waals surface area contributed by atoms with E-state index in [1.54, 1.807) is 0 Å². The van der Waals surface area contributed by atoms with Gasteiger partial charge in [0.05, 0.1) is 0 Å². The molecule has 0 spiro atoms. The molecule has 2 rings (SSSR count). The molecule has 0 amide bonds. The maximum atomic E-state index is 3.50. The van der Waals surface area contributed by atoms with Crippen molar-refractivity contribution in [3.63, 3.8) is 0 Å². The Morgan fingerprint density at radius 2 is 1.62 bits per heavy atom. The first-order valence-electron chi connectivity index (χ1n) is 8.23. The number of benzene rings is 2. The molecule has 0 atom stereocenters. The molecule has 0 saturated carbocycles. The van der Waals surface area contributed by atoms with E-state index in [0.717, 1.165) is 13.1 Å². The van der Waals surface area contributed by atoms with Crippen LogP contribution >= 0.6 is 0 Å². The van der Waals surface area contributed by atoms with E-state index in [9.17, 15) is 0 Å². The SMILES string of the molecule is CCCCc1ccc(-c2ccccc2CNCCC)cc1. The molecule has 0 heterocycles. The summed E-state index contributed by atoms with van der Waals surface area (Å²) >= 11 is 0. The smallest absolute Gasteiger partial charge is 0.0211 e. The quantitative estimate of drug-likeness (QED) is 0.656. The van der Waals surface area contributed by atoms with Crippen LogP contribution < -0.4 is 5.32 Å². The lowest BCUT2D eigenvalue weighted by atomic mass is 9.97. The van der Waals surface area contributed by atoms with E-state index >= 15 is 0 Å². The van der Waals surface area contributed by atoms with E-state index in [0.29, 0.717) is 0 Å².